The van der Waals surface area contributed by atoms with Crippen molar-refractivity contribution < 1.29 is 24.6 Å². The van der Waals surface area contributed by atoms with Gasteiger partial charge in [0, 0.05) is 26.5 Å². The molecule has 6 nitrogen and oxygen atoms in total. The molecule has 1 aromatic carbocycles. The van der Waals surface area contributed by atoms with Gasteiger partial charge in [0.2, 0.25) is 5.91 Å². The maximum Gasteiger partial charge on any atom is 0.300 e. The van der Waals surface area contributed by atoms with Crippen LogP contribution in [0, 0.1) is 0 Å². The average molecular weight is 255 g/mol. The van der Waals surface area contributed by atoms with Crippen molar-refractivity contribution in [2.24, 2.45) is 0 Å². The number of benzene rings is 1. The molecule has 0 atom stereocenters. The maximum absolute atomic E-state index is 10.5. The lowest BCUT2D eigenvalue weighted by atomic mass is 10.3. The molecule has 0 spiro atoms. The van der Waals surface area contributed by atoms with E-state index in [-0.39, 0.29) is 5.91 Å². The van der Waals surface area contributed by atoms with E-state index >= 15 is 0 Å². The number of amides is 1. The third-order valence-corrected chi connectivity index (χ3v) is 1.09. The molecule has 0 aliphatic heterocycles. The highest BCUT2D eigenvalue weighted by Crippen LogP contribution is 2.03. The summed E-state index contributed by atoms with van der Waals surface area (Å²) in [7, 11) is 0. The molecule has 1 rings (SSSR count). The van der Waals surface area contributed by atoms with E-state index in [4.69, 9.17) is 19.8 Å². The topological polar surface area (TPSA) is 104 Å². The fourth-order valence-corrected chi connectivity index (χ4v) is 0.725. The van der Waals surface area contributed by atoms with Crippen LogP contribution in [-0.4, -0.2) is 28.1 Å². The van der Waals surface area contributed by atoms with Gasteiger partial charge in [-0.05, 0) is 12.1 Å². The number of carboxylic acids is 2. The third-order valence-electron chi connectivity index (χ3n) is 1.09. The number of hydrogen-bond acceptors (Lipinski definition) is 3. The Kier molecular flexibility index (Phi) is 11.1. The van der Waals surface area contributed by atoms with E-state index in [1.54, 1.807) is 0 Å². The summed E-state index contributed by atoms with van der Waals surface area (Å²) in [6.07, 6.45) is 0. The Hall–Kier alpha value is -2.37. The highest BCUT2D eigenvalue weighted by molar-refractivity contribution is 5.88. The molecule has 1 amide bonds. The fraction of sp³-hybridized carbons (Fsp3) is 0.250. The lowest BCUT2D eigenvalue weighted by Gasteiger charge is -1.98. The first-order valence-electron chi connectivity index (χ1n) is 4.97. The zero-order chi connectivity index (χ0) is 14.6. The van der Waals surface area contributed by atoms with Crippen LogP contribution in [0.25, 0.3) is 0 Å². The Morgan fingerprint density at radius 1 is 0.889 bits per heavy atom. The molecule has 3 N–H and O–H groups in total. The van der Waals surface area contributed by atoms with Gasteiger partial charge in [0.1, 0.15) is 0 Å². The van der Waals surface area contributed by atoms with Crippen LogP contribution in [0.3, 0.4) is 0 Å². The van der Waals surface area contributed by atoms with Gasteiger partial charge in [0.15, 0.2) is 0 Å². The average Bonchev–Trinajstić information content (AvgIpc) is 2.16. The van der Waals surface area contributed by atoms with E-state index in [0.29, 0.717) is 0 Å². The summed E-state index contributed by atoms with van der Waals surface area (Å²) in [5.74, 6) is -1.70. The van der Waals surface area contributed by atoms with E-state index in [9.17, 15) is 4.79 Å². The van der Waals surface area contributed by atoms with Crippen LogP contribution in [0.2, 0.25) is 0 Å². The summed E-state index contributed by atoms with van der Waals surface area (Å²) < 4.78 is 0. The molecule has 0 radical (unpaired) electrons. The minimum absolute atomic E-state index is 0.0359. The van der Waals surface area contributed by atoms with Crippen molar-refractivity contribution in [1.82, 2.24) is 0 Å². The highest BCUT2D eigenvalue weighted by atomic mass is 16.4. The zero-order valence-electron chi connectivity index (χ0n) is 10.5. The number of carboxylic acid groups (broad SMARTS) is 2. The first kappa shape index (κ1) is 18.0. The summed E-state index contributed by atoms with van der Waals surface area (Å²) >= 11 is 0. The van der Waals surface area contributed by atoms with Crippen molar-refractivity contribution in [3.05, 3.63) is 30.3 Å². The van der Waals surface area contributed by atoms with Gasteiger partial charge < -0.3 is 15.5 Å². The number of hydrogen-bond donors (Lipinski definition) is 3. The van der Waals surface area contributed by atoms with Crippen molar-refractivity contribution in [1.29, 1.82) is 0 Å². The van der Waals surface area contributed by atoms with Gasteiger partial charge in [0.25, 0.3) is 11.9 Å². The van der Waals surface area contributed by atoms with Crippen LogP contribution < -0.4 is 5.32 Å². The van der Waals surface area contributed by atoms with Gasteiger partial charge in [-0.2, -0.15) is 0 Å². The lowest BCUT2D eigenvalue weighted by Crippen LogP contribution is -2.04. The monoisotopic (exact) mass is 255 g/mol. The van der Waals surface area contributed by atoms with Gasteiger partial charge in [-0.3, -0.25) is 14.4 Å². The van der Waals surface area contributed by atoms with Crippen LogP contribution in [0.15, 0.2) is 30.3 Å². The molecule has 0 aliphatic rings. The van der Waals surface area contributed by atoms with Crippen molar-refractivity contribution in [2.75, 3.05) is 5.32 Å². The standard InChI is InChI=1S/C8H9NO.2C2H4O2/c1-7(10)9-8-5-3-2-4-6-8;2*1-2(3)4/h2-6H,1H3,(H,9,10);2*1H3,(H,3,4). The van der Waals surface area contributed by atoms with E-state index in [1.807, 2.05) is 30.3 Å². The number of aliphatic carboxylic acids is 2. The van der Waals surface area contributed by atoms with Crippen molar-refractivity contribution in [3.8, 4) is 0 Å². The van der Waals surface area contributed by atoms with E-state index < -0.39 is 11.9 Å². The molecular weight excluding hydrogens is 238 g/mol. The normalized spacial score (nSPS) is 7.72. The van der Waals surface area contributed by atoms with Crippen molar-refractivity contribution in [3.63, 3.8) is 0 Å². The third kappa shape index (κ3) is 23.4. The molecule has 1 aromatic rings. The summed E-state index contributed by atoms with van der Waals surface area (Å²) in [6, 6.07) is 9.37. The quantitative estimate of drug-likeness (QED) is 0.710. The number of anilines is 1. The summed E-state index contributed by atoms with van der Waals surface area (Å²) in [6.45, 7) is 3.66. The summed E-state index contributed by atoms with van der Waals surface area (Å²) in [5.41, 5.74) is 0.843. The predicted molar refractivity (Wildman–Crippen MR) is 67.4 cm³/mol. The molecule has 100 valence electrons. The van der Waals surface area contributed by atoms with Crippen molar-refractivity contribution >= 4 is 23.5 Å². The molecule has 0 saturated carbocycles. The zero-order valence-corrected chi connectivity index (χ0v) is 10.5. The molecule has 0 fully saturated rings. The molecular formula is C12H17NO5. The van der Waals surface area contributed by atoms with Crippen molar-refractivity contribution in [2.45, 2.75) is 20.8 Å². The van der Waals surface area contributed by atoms with Gasteiger partial charge in [-0.1, -0.05) is 18.2 Å². The Morgan fingerprint density at radius 3 is 1.50 bits per heavy atom. The number of carbonyl (C=O) groups excluding carboxylic acids is 1. The molecule has 6 heteroatoms. The largest absolute Gasteiger partial charge is 0.481 e. The van der Waals surface area contributed by atoms with Gasteiger partial charge in [-0.25, -0.2) is 0 Å². The molecule has 0 unspecified atom stereocenters. The van der Waals surface area contributed by atoms with Crippen LogP contribution in [-0.2, 0) is 14.4 Å². The number of carbonyl (C=O) groups is 3. The first-order valence-corrected chi connectivity index (χ1v) is 4.97. The van der Waals surface area contributed by atoms with Crippen LogP contribution in [0.5, 0.6) is 0 Å². The van der Waals surface area contributed by atoms with Crippen LogP contribution in [0.4, 0.5) is 5.69 Å². The molecule has 0 aromatic heterocycles. The number of nitrogens with one attached hydrogen (secondary N) is 1. The minimum atomic E-state index is -0.833. The molecule has 0 aliphatic carbocycles. The van der Waals surface area contributed by atoms with E-state index in [2.05, 4.69) is 5.32 Å². The first-order chi connectivity index (χ1) is 8.25. The number of rotatable bonds is 1. The molecule has 0 heterocycles. The van der Waals surface area contributed by atoms with Crippen LogP contribution >= 0.6 is 0 Å². The maximum atomic E-state index is 10.5. The predicted octanol–water partition coefficient (Wildman–Crippen LogP) is 1.83. The van der Waals surface area contributed by atoms with Gasteiger partial charge in [0.05, 0.1) is 0 Å². The minimum Gasteiger partial charge on any atom is -0.481 e. The van der Waals surface area contributed by atoms with Crippen LogP contribution in [0.1, 0.15) is 20.8 Å². The Morgan fingerprint density at radius 2 is 1.22 bits per heavy atom. The fourth-order valence-electron chi connectivity index (χ4n) is 0.725. The second-order valence-corrected chi connectivity index (χ2v) is 3.09. The van der Waals surface area contributed by atoms with Gasteiger partial charge >= 0.3 is 0 Å². The second kappa shape index (κ2) is 11.1. The Balaban J connectivity index is 0. The Labute approximate surface area is 105 Å². The molecule has 0 bridgehead atoms. The highest BCUT2D eigenvalue weighted by Gasteiger charge is 1.90. The Bertz CT molecular complexity index is 355. The van der Waals surface area contributed by atoms with E-state index in [0.717, 1.165) is 19.5 Å². The molecule has 0 saturated heterocycles. The summed E-state index contributed by atoms with van der Waals surface area (Å²) in [4.78, 5) is 28.5. The smallest absolute Gasteiger partial charge is 0.300 e. The van der Waals surface area contributed by atoms with E-state index in [1.165, 1.54) is 6.92 Å². The van der Waals surface area contributed by atoms with Gasteiger partial charge in [-0.15, -0.1) is 0 Å². The summed E-state index contributed by atoms with van der Waals surface area (Å²) in [5, 5.41) is 17.5. The second-order valence-electron chi connectivity index (χ2n) is 3.09. The number of para-hydroxylation sites is 1. The SMILES string of the molecule is CC(=O)Nc1ccccc1.CC(=O)O.CC(=O)O. The molecule has 18 heavy (non-hydrogen) atoms. The lowest BCUT2D eigenvalue weighted by molar-refractivity contribution is -0.135.